The van der Waals surface area contributed by atoms with Crippen molar-refractivity contribution in [2.24, 2.45) is 0 Å². The third-order valence-corrected chi connectivity index (χ3v) is 11.9. The highest BCUT2D eigenvalue weighted by Gasteiger charge is 2.32. The van der Waals surface area contributed by atoms with Gasteiger partial charge in [0.15, 0.2) is 5.82 Å². The SMILES string of the molecule is COc1cccc2c1nc(C(F)F)n2-c1nc(OC2CCN(S(=O)(=O)CCN3CCN(S(C)(=O)=O)CC3)CC2)nc(N2CCOCC2)n1. The van der Waals surface area contributed by atoms with Crippen molar-refractivity contribution >= 4 is 37.0 Å². The van der Waals surface area contributed by atoms with Crippen molar-refractivity contribution < 1.29 is 39.8 Å². The van der Waals surface area contributed by atoms with Crippen LogP contribution in [0.15, 0.2) is 18.2 Å². The van der Waals surface area contributed by atoms with Crippen molar-refractivity contribution in [1.82, 2.24) is 38.0 Å². The van der Waals surface area contributed by atoms with Crippen molar-refractivity contribution in [3.8, 4) is 17.7 Å². The van der Waals surface area contributed by atoms with Crippen LogP contribution in [0.1, 0.15) is 25.1 Å². The Labute approximate surface area is 277 Å². The van der Waals surface area contributed by atoms with Crippen LogP contribution in [0.3, 0.4) is 0 Å². The molecule has 1 aromatic carbocycles. The molecule has 6 rings (SSSR count). The van der Waals surface area contributed by atoms with E-state index in [0.29, 0.717) is 83.1 Å². The van der Waals surface area contributed by atoms with Crippen molar-refractivity contribution in [3.05, 3.63) is 24.0 Å². The molecule has 20 heteroatoms. The summed E-state index contributed by atoms with van der Waals surface area (Å²) in [5.74, 6) is -0.169. The number of methoxy groups -OCH3 is 1. The van der Waals surface area contributed by atoms with Crippen LogP contribution in [0.4, 0.5) is 14.7 Å². The molecule has 0 amide bonds. The van der Waals surface area contributed by atoms with E-state index in [1.807, 2.05) is 9.80 Å². The van der Waals surface area contributed by atoms with Gasteiger partial charge in [0.2, 0.25) is 31.9 Å². The second-order valence-corrected chi connectivity index (χ2v) is 15.9. The van der Waals surface area contributed by atoms with Crippen LogP contribution in [-0.2, 0) is 24.8 Å². The Hall–Kier alpha value is -3.30. The quantitative estimate of drug-likeness (QED) is 0.273. The van der Waals surface area contributed by atoms with E-state index in [2.05, 4.69) is 19.9 Å². The van der Waals surface area contributed by atoms with E-state index in [9.17, 15) is 25.6 Å². The molecule has 5 heterocycles. The minimum Gasteiger partial charge on any atom is -0.494 e. The molecule has 264 valence electrons. The number of fused-ring (bicyclic) bond motifs is 1. The van der Waals surface area contributed by atoms with E-state index in [-0.39, 0.29) is 42.3 Å². The maximum absolute atomic E-state index is 14.3. The third kappa shape index (κ3) is 7.62. The van der Waals surface area contributed by atoms with Gasteiger partial charge in [0.05, 0.1) is 37.8 Å². The van der Waals surface area contributed by atoms with Gasteiger partial charge in [-0.05, 0) is 25.0 Å². The van der Waals surface area contributed by atoms with Crippen molar-refractivity contribution in [3.63, 3.8) is 0 Å². The number of hydrogen-bond acceptors (Lipinski definition) is 13. The predicted octanol–water partition coefficient (Wildman–Crippen LogP) is 0.744. The number of benzene rings is 1. The zero-order chi connectivity index (χ0) is 34.1. The maximum atomic E-state index is 14.3. The van der Waals surface area contributed by atoms with E-state index in [1.54, 1.807) is 18.2 Å². The lowest BCUT2D eigenvalue weighted by atomic mass is 10.1. The number of anilines is 1. The Morgan fingerprint density at radius 3 is 2.23 bits per heavy atom. The second-order valence-electron chi connectivity index (χ2n) is 11.8. The molecule has 16 nitrogen and oxygen atoms in total. The zero-order valence-corrected chi connectivity index (χ0v) is 28.4. The summed E-state index contributed by atoms with van der Waals surface area (Å²) in [6, 6.07) is 4.85. The minimum absolute atomic E-state index is 0.0685. The first kappa shape index (κ1) is 34.6. The van der Waals surface area contributed by atoms with Crippen LogP contribution in [-0.4, -0.2) is 152 Å². The molecule has 0 spiro atoms. The molecule has 3 aromatic rings. The summed E-state index contributed by atoms with van der Waals surface area (Å²) in [6.45, 7) is 4.21. The Bertz CT molecular complexity index is 1810. The number of sulfonamides is 2. The lowest BCUT2D eigenvalue weighted by Gasteiger charge is -2.34. The number of alkyl halides is 2. The molecule has 0 aliphatic carbocycles. The molecule has 3 aliphatic rings. The van der Waals surface area contributed by atoms with Gasteiger partial charge in [0, 0.05) is 58.9 Å². The monoisotopic (exact) mass is 715 g/mol. The highest BCUT2D eigenvalue weighted by atomic mass is 32.2. The fourth-order valence-electron chi connectivity index (χ4n) is 6.04. The number of nitrogens with zero attached hydrogens (tertiary/aromatic N) is 9. The Morgan fingerprint density at radius 1 is 0.896 bits per heavy atom. The Balaban J connectivity index is 1.17. The average molecular weight is 716 g/mol. The van der Waals surface area contributed by atoms with Gasteiger partial charge in [0.1, 0.15) is 17.4 Å². The van der Waals surface area contributed by atoms with Crippen molar-refractivity contribution in [2.75, 3.05) is 96.1 Å². The standard InChI is InChI=1S/C28H39F2N9O7S2/c1-44-22-5-3-4-21-23(22)31-25(24(29)30)39(21)27-32-26(36-14-17-45-18-15-36)33-28(34-27)46-20-6-8-38(9-7-20)48(42,43)19-16-35-10-12-37(13-11-35)47(2,40)41/h3-5,20,24H,6-19H2,1-2H3. The highest BCUT2D eigenvalue weighted by Crippen LogP contribution is 2.32. The molecule has 3 aliphatic heterocycles. The molecule has 0 radical (unpaired) electrons. The van der Waals surface area contributed by atoms with Gasteiger partial charge >= 0.3 is 6.01 Å². The number of aromatic nitrogens is 5. The molecule has 0 unspecified atom stereocenters. The topological polar surface area (TPSA) is 165 Å². The summed E-state index contributed by atoms with van der Waals surface area (Å²) in [5.41, 5.74) is 0.557. The van der Waals surface area contributed by atoms with Gasteiger partial charge in [-0.1, -0.05) is 6.07 Å². The molecule has 2 aromatic heterocycles. The highest BCUT2D eigenvalue weighted by molar-refractivity contribution is 7.89. The largest absolute Gasteiger partial charge is 0.494 e. The summed E-state index contributed by atoms with van der Waals surface area (Å²) in [5, 5.41) is 0. The first-order valence-electron chi connectivity index (χ1n) is 15.7. The van der Waals surface area contributed by atoms with Crippen LogP contribution in [0.25, 0.3) is 17.0 Å². The first-order valence-corrected chi connectivity index (χ1v) is 19.1. The van der Waals surface area contributed by atoms with Gasteiger partial charge in [0.25, 0.3) is 6.43 Å². The van der Waals surface area contributed by atoms with Gasteiger partial charge in [-0.15, -0.1) is 0 Å². The predicted molar refractivity (Wildman–Crippen MR) is 171 cm³/mol. The summed E-state index contributed by atoms with van der Waals surface area (Å²) in [4.78, 5) is 21.5. The number of rotatable bonds is 11. The minimum atomic E-state index is -3.57. The van der Waals surface area contributed by atoms with Crippen LogP contribution >= 0.6 is 0 Å². The van der Waals surface area contributed by atoms with Crippen molar-refractivity contribution in [2.45, 2.75) is 25.4 Å². The number of piperazine rings is 1. The first-order chi connectivity index (χ1) is 22.9. The van der Waals surface area contributed by atoms with E-state index >= 15 is 0 Å². The summed E-state index contributed by atoms with van der Waals surface area (Å²) in [7, 11) is -5.40. The number of hydrogen-bond donors (Lipinski definition) is 0. The molecule has 3 saturated heterocycles. The number of halogens is 2. The van der Waals surface area contributed by atoms with Gasteiger partial charge in [-0.2, -0.15) is 19.3 Å². The summed E-state index contributed by atoms with van der Waals surface area (Å²) in [6.07, 6.45) is -1.46. The lowest BCUT2D eigenvalue weighted by Crippen LogP contribution is -2.50. The fraction of sp³-hybridized carbons (Fsp3) is 0.643. The van der Waals surface area contributed by atoms with Crippen LogP contribution in [0.2, 0.25) is 0 Å². The van der Waals surface area contributed by atoms with Gasteiger partial charge in [-0.3, -0.25) is 9.47 Å². The number of piperidine rings is 1. The number of imidazole rings is 1. The number of morpholine rings is 1. The van der Waals surface area contributed by atoms with Crippen LogP contribution in [0.5, 0.6) is 11.8 Å². The number of para-hydroxylation sites is 1. The molecular formula is C28H39F2N9O7S2. The van der Waals surface area contributed by atoms with Crippen molar-refractivity contribution in [1.29, 1.82) is 0 Å². The smallest absolute Gasteiger partial charge is 0.323 e. The second kappa shape index (κ2) is 14.3. The molecule has 3 fully saturated rings. The Morgan fingerprint density at radius 2 is 1.58 bits per heavy atom. The van der Waals surface area contributed by atoms with Gasteiger partial charge < -0.3 is 19.1 Å². The summed E-state index contributed by atoms with van der Waals surface area (Å²) >= 11 is 0. The molecule has 48 heavy (non-hydrogen) atoms. The normalized spacial score (nSPS) is 19.7. The van der Waals surface area contributed by atoms with Crippen LogP contribution < -0.4 is 14.4 Å². The average Bonchev–Trinajstić information content (AvgIpc) is 3.48. The van der Waals surface area contributed by atoms with E-state index < -0.39 is 38.4 Å². The maximum Gasteiger partial charge on any atom is 0.323 e. The third-order valence-electron chi connectivity index (χ3n) is 8.71. The van der Waals surface area contributed by atoms with E-state index in [0.717, 1.165) is 0 Å². The zero-order valence-electron chi connectivity index (χ0n) is 26.7. The molecule has 0 atom stereocenters. The molecular weight excluding hydrogens is 676 g/mol. The molecule has 0 N–H and O–H groups in total. The van der Waals surface area contributed by atoms with E-state index in [4.69, 9.17) is 14.2 Å². The fourth-order valence-corrected chi connectivity index (χ4v) is 8.38. The number of ether oxygens (including phenoxy) is 3. The van der Waals surface area contributed by atoms with E-state index in [1.165, 1.54) is 26.5 Å². The lowest BCUT2D eigenvalue weighted by molar-refractivity contribution is 0.118. The summed E-state index contributed by atoms with van der Waals surface area (Å²) < 4.78 is 99.6. The molecule has 0 saturated carbocycles. The molecule has 0 bridgehead atoms. The van der Waals surface area contributed by atoms with Gasteiger partial charge in [-0.25, -0.2) is 34.9 Å². The van der Waals surface area contributed by atoms with Crippen LogP contribution in [0, 0.1) is 0 Å². The Kier molecular flexibility index (Phi) is 10.3.